The summed E-state index contributed by atoms with van der Waals surface area (Å²) in [6.07, 6.45) is 2.06. The Morgan fingerprint density at radius 2 is 2.04 bits per heavy atom. The Labute approximate surface area is 149 Å². The van der Waals surface area contributed by atoms with Gasteiger partial charge in [0.25, 0.3) is 0 Å². The largest absolute Gasteiger partial charge is 0.378 e. The summed E-state index contributed by atoms with van der Waals surface area (Å²) in [5.41, 5.74) is 1.73. The second-order valence-corrected chi connectivity index (χ2v) is 7.63. The van der Waals surface area contributed by atoms with Gasteiger partial charge in [-0.25, -0.2) is 14.4 Å². The molecule has 0 bridgehead atoms. The molecule has 0 radical (unpaired) electrons. The molecular weight excluding hydrogens is 317 g/mol. The molecule has 0 saturated carbocycles. The Morgan fingerprint density at radius 1 is 1.24 bits per heavy atom. The molecule has 1 fully saturated rings. The Kier molecular flexibility index (Phi) is 5.04. The smallest absolute Gasteiger partial charge is 0.136 e. The molecule has 25 heavy (non-hydrogen) atoms. The molecular formula is C20H26FN3O. The first-order chi connectivity index (χ1) is 11.9. The molecule has 134 valence electrons. The highest BCUT2D eigenvalue weighted by atomic mass is 19.1. The molecule has 0 aliphatic carbocycles. The van der Waals surface area contributed by atoms with Crippen molar-refractivity contribution < 1.29 is 9.13 Å². The molecule has 4 nitrogen and oxygen atoms in total. The van der Waals surface area contributed by atoms with Gasteiger partial charge in [-0.2, -0.15) is 0 Å². The Hall–Kier alpha value is -2.01. The average molecular weight is 343 g/mol. The van der Waals surface area contributed by atoms with Crippen LogP contribution in [-0.4, -0.2) is 23.6 Å². The number of nitrogens with zero attached hydrogens (tertiary/aromatic N) is 3. The lowest BCUT2D eigenvalue weighted by molar-refractivity contribution is 0.181. The summed E-state index contributed by atoms with van der Waals surface area (Å²) in [7, 11) is 1.67. The highest BCUT2D eigenvalue weighted by Gasteiger charge is 2.29. The third-order valence-electron chi connectivity index (χ3n) is 4.51. The van der Waals surface area contributed by atoms with Gasteiger partial charge in [0.1, 0.15) is 17.5 Å². The Morgan fingerprint density at radius 3 is 2.72 bits per heavy atom. The first kappa shape index (κ1) is 17.8. The highest BCUT2D eigenvalue weighted by molar-refractivity contribution is 5.45. The van der Waals surface area contributed by atoms with Gasteiger partial charge in [0, 0.05) is 25.1 Å². The summed E-state index contributed by atoms with van der Waals surface area (Å²) in [4.78, 5) is 11.8. The average Bonchev–Trinajstić information content (AvgIpc) is 3.04. The Balaban J connectivity index is 2.00. The maximum atomic E-state index is 13.7. The minimum absolute atomic E-state index is 0.146. The summed E-state index contributed by atoms with van der Waals surface area (Å²) in [5, 5.41) is 0. The van der Waals surface area contributed by atoms with Crippen molar-refractivity contribution in [2.75, 3.05) is 18.6 Å². The van der Waals surface area contributed by atoms with Gasteiger partial charge in [-0.3, -0.25) is 0 Å². The van der Waals surface area contributed by atoms with Gasteiger partial charge in [0.2, 0.25) is 0 Å². The molecule has 2 aromatic rings. The van der Waals surface area contributed by atoms with Crippen LogP contribution in [0.4, 0.5) is 10.2 Å². The van der Waals surface area contributed by atoms with Crippen molar-refractivity contribution in [1.29, 1.82) is 0 Å². The topological polar surface area (TPSA) is 38.2 Å². The van der Waals surface area contributed by atoms with Gasteiger partial charge < -0.3 is 9.64 Å². The number of ether oxygens (including phenoxy) is 1. The molecule has 3 rings (SSSR count). The number of benzene rings is 1. The van der Waals surface area contributed by atoms with E-state index in [9.17, 15) is 4.39 Å². The normalized spacial score (nSPS) is 18.0. The lowest BCUT2D eigenvalue weighted by Gasteiger charge is -2.28. The van der Waals surface area contributed by atoms with Crippen molar-refractivity contribution in [3.05, 3.63) is 53.2 Å². The van der Waals surface area contributed by atoms with Crippen molar-refractivity contribution in [1.82, 2.24) is 9.97 Å². The molecule has 1 saturated heterocycles. The summed E-state index contributed by atoms with van der Waals surface area (Å²) >= 11 is 0. The molecule has 5 heteroatoms. The van der Waals surface area contributed by atoms with Crippen molar-refractivity contribution in [3.63, 3.8) is 0 Å². The number of halogens is 1. The van der Waals surface area contributed by atoms with Crippen LogP contribution in [0.2, 0.25) is 0 Å². The lowest BCUT2D eigenvalue weighted by atomic mass is 9.95. The van der Waals surface area contributed by atoms with E-state index in [1.54, 1.807) is 19.2 Å². The molecule has 2 heterocycles. The summed E-state index contributed by atoms with van der Waals surface area (Å²) in [5.74, 6) is 1.52. The van der Waals surface area contributed by atoms with Crippen molar-refractivity contribution in [2.24, 2.45) is 0 Å². The van der Waals surface area contributed by atoms with Crippen LogP contribution in [0.25, 0.3) is 0 Å². The van der Waals surface area contributed by atoms with E-state index < -0.39 is 0 Å². The monoisotopic (exact) mass is 343 g/mol. The predicted molar refractivity (Wildman–Crippen MR) is 97.2 cm³/mol. The van der Waals surface area contributed by atoms with Crippen LogP contribution in [0, 0.1) is 5.82 Å². The summed E-state index contributed by atoms with van der Waals surface area (Å²) in [6, 6.07) is 9.03. The minimum atomic E-state index is -0.192. The fraction of sp³-hybridized carbons (Fsp3) is 0.500. The van der Waals surface area contributed by atoms with Crippen LogP contribution >= 0.6 is 0 Å². The van der Waals surface area contributed by atoms with Gasteiger partial charge >= 0.3 is 0 Å². The van der Waals surface area contributed by atoms with Gasteiger partial charge in [-0.05, 0) is 30.5 Å². The van der Waals surface area contributed by atoms with Crippen LogP contribution in [0.3, 0.4) is 0 Å². The van der Waals surface area contributed by atoms with E-state index in [0.29, 0.717) is 6.61 Å². The molecule has 1 atom stereocenters. The number of methoxy groups -OCH3 is 1. The second kappa shape index (κ2) is 7.08. The fourth-order valence-corrected chi connectivity index (χ4v) is 3.29. The zero-order valence-corrected chi connectivity index (χ0v) is 15.4. The third-order valence-corrected chi connectivity index (χ3v) is 4.51. The zero-order chi connectivity index (χ0) is 18.0. The molecule has 0 N–H and O–H groups in total. The maximum absolute atomic E-state index is 13.7. The predicted octanol–water partition coefficient (Wildman–Crippen LogP) is 4.40. The van der Waals surface area contributed by atoms with E-state index >= 15 is 0 Å². The number of hydrogen-bond acceptors (Lipinski definition) is 4. The Bertz CT molecular complexity index is 742. The summed E-state index contributed by atoms with van der Waals surface area (Å²) in [6.45, 7) is 7.69. The number of anilines is 1. The lowest BCUT2D eigenvalue weighted by Crippen LogP contribution is -2.26. The molecule has 1 unspecified atom stereocenters. The zero-order valence-electron chi connectivity index (χ0n) is 15.4. The van der Waals surface area contributed by atoms with Crippen molar-refractivity contribution >= 4 is 5.82 Å². The van der Waals surface area contributed by atoms with E-state index in [0.717, 1.165) is 42.3 Å². The van der Waals surface area contributed by atoms with Crippen LogP contribution in [0.15, 0.2) is 30.3 Å². The van der Waals surface area contributed by atoms with E-state index in [2.05, 4.69) is 30.7 Å². The van der Waals surface area contributed by atoms with Crippen molar-refractivity contribution in [3.8, 4) is 0 Å². The maximum Gasteiger partial charge on any atom is 0.136 e. The standard InChI is InChI=1S/C20H26FN3O/c1-20(2,3)19-22-16(13-25-4)12-18(23-19)24-10-6-9-17(24)14-7-5-8-15(21)11-14/h5,7-8,11-12,17H,6,9-10,13H2,1-4H3. The summed E-state index contributed by atoms with van der Waals surface area (Å²) < 4.78 is 19.0. The fourth-order valence-electron chi connectivity index (χ4n) is 3.29. The van der Waals surface area contributed by atoms with Crippen LogP contribution in [-0.2, 0) is 16.8 Å². The van der Waals surface area contributed by atoms with Gasteiger partial charge in [-0.1, -0.05) is 32.9 Å². The SMILES string of the molecule is COCc1cc(N2CCCC2c2cccc(F)c2)nc(C(C)(C)C)n1. The number of rotatable bonds is 4. The highest BCUT2D eigenvalue weighted by Crippen LogP contribution is 2.36. The first-order valence-corrected chi connectivity index (χ1v) is 8.78. The second-order valence-electron chi connectivity index (χ2n) is 7.63. The van der Waals surface area contributed by atoms with Crippen molar-refractivity contribution in [2.45, 2.75) is 51.7 Å². The van der Waals surface area contributed by atoms with Crippen LogP contribution in [0.1, 0.15) is 56.7 Å². The van der Waals surface area contributed by atoms with Crippen LogP contribution in [0.5, 0.6) is 0 Å². The molecule has 0 amide bonds. The van der Waals surface area contributed by atoms with E-state index in [4.69, 9.17) is 9.72 Å². The van der Waals surface area contributed by atoms with E-state index in [-0.39, 0.29) is 17.3 Å². The molecule has 1 aliphatic heterocycles. The molecule has 1 aromatic carbocycles. The van der Waals surface area contributed by atoms with Gasteiger partial charge in [0.15, 0.2) is 0 Å². The van der Waals surface area contributed by atoms with E-state index in [1.165, 1.54) is 6.07 Å². The minimum Gasteiger partial charge on any atom is -0.378 e. The number of hydrogen-bond donors (Lipinski definition) is 0. The third kappa shape index (κ3) is 3.98. The van der Waals surface area contributed by atoms with Gasteiger partial charge in [-0.15, -0.1) is 0 Å². The van der Waals surface area contributed by atoms with E-state index in [1.807, 2.05) is 12.1 Å². The number of aromatic nitrogens is 2. The first-order valence-electron chi connectivity index (χ1n) is 8.78. The molecule has 0 spiro atoms. The quantitative estimate of drug-likeness (QED) is 0.825. The molecule has 1 aliphatic rings. The van der Waals surface area contributed by atoms with Gasteiger partial charge in [0.05, 0.1) is 18.3 Å². The van der Waals surface area contributed by atoms with Crippen LogP contribution < -0.4 is 4.90 Å². The molecule has 1 aromatic heterocycles.